The Hall–Kier alpha value is -2.74. The van der Waals surface area contributed by atoms with Crippen LogP contribution in [0.2, 0.25) is 0 Å². The van der Waals surface area contributed by atoms with Gasteiger partial charge in [0.25, 0.3) is 0 Å². The van der Waals surface area contributed by atoms with Crippen molar-refractivity contribution in [2.45, 2.75) is 185 Å². The summed E-state index contributed by atoms with van der Waals surface area (Å²) in [5.74, 6) is -0.220. The summed E-state index contributed by atoms with van der Waals surface area (Å²) in [5, 5.41) is 54.3. The van der Waals surface area contributed by atoms with Crippen molar-refractivity contribution in [1.82, 2.24) is 5.32 Å². The van der Waals surface area contributed by atoms with Crippen LogP contribution in [0.4, 0.5) is 0 Å². The first-order valence-corrected chi connectivity index (χ1v) is 21.9. The number of benzene rings is 2. The van der Waals surface area contributed by atoms with Gasteiger partial charge in [-0.15, -0.1) is 0 Å². The molecule has 1 aliphatic heterocycles. The van der Waals surface area contributed by atoms with Crippen molar-refractivity contribution >= 4 is 11.7 Å². The first-order valence-electron chi connectivity index (χ1n) is 21.9. The molecule has 1 fully saturated rings. The fourth-order valence-corrected chi connectivity index (χ4v) is 7.27. The zero-order chi connectivity index (χ0) is 41.1. The summed E-state index contributed by atoms with van der Waals surface area (Å²) in [6, 6.07) is 16.0. The lowest BCUT2D eigenvalue weighted by Gasteiger charge is -2.40. The Kier molecular flexibility index (Phi) is 25.1. The van der Waals surface area contributed by atoms with Gasteiger partial charge in [-0.05, 0) is 30.9 Å². The normalized spacial score (nSPS) is 20.6. The number of aliphatic hydroxyl groups is 5. The van der Waals surface area contributed by atoms with Crippen LogP contribution < -0.4 is 5.32 Å². The largest absolute Gasteiger partial charge is 0.394 e. The number of carbonyl (C=O) groups is 2. The van der Waals surface area contributed by atoms with E-state index >= 15 is 0 Å². The summed E-state index contributed by atoms with van der Waals surface area (Å²) >= 11 is 0. The molecule has 2 aromatic rings. The second-order valence-electron chi connectivity index (χ2n) is 15.8. The van der Waals surface area contributed by atoms with E-state index in [-0.39, 0.29) is 24.7 Å². The third-order valence-corrected chi connectivity index (χ3v) is 10.9. The molecular formula is C46H73NO10. The van der Waals surface area contributed by atoms with E-state index in [1.54, 1.807) is 0 Å². The van der Waals surface area contributed by atoms with Gasteiger partial charge in [-0.3, -0.25) is 9.59 Å². The van der Waals surface area contributed by atoms with Crippen LogP contribution in [-0.2, 0) is 25.6 Å². The van der Waals surface area contributed by atoms with Crippen LogP contribution in [-0.4, -0.2) is 99.9 Å². The number of aliphatic hydroxyl groups excluding tert-OH is 5. The average molecular weight is 800 g/mol. The van der Waals surface area contributed by atoms with Gasteiger partial charge in [0.2, 0.25) is 5.91 Å². The molecule has 6 N–H and O–H groups in total. The van der Waals surface area contributed by atoms with Crippen LogP contribution in [0.1, 0.15) is 157 Å². The van der Waals surface area contributed by atoms with E-state index in [1.165, 1.54) is 64.2 Å². The number of rotatable bonds is 32. The van der Waals surface area contributed by atoms with Crippen molar-refractivity contribution in [2.24, 2.45) is 0 Å². The highest BCUT2D eigenvalue weighted by Crippen LogP contribution is 2.23. The number of unbranched alkanes of at least 4 members (excludes halogenated alkanes) is 16. The minimum atomic E-state index is -1.58. The van der Waals surface area contributed by atoms with Crippen LogP contribution in [0.25, 0.3) is 0 Å². The molecule has 7 unspecified atom stereocenters. The van der Waals surface area contributed by atoms with E-state index in [0.717, 1.165) is 50.5 Å². The summed E-state index contributed by atoms with van der Waals surface area (Å²) in [4.78, 5) is 25.8. The third kappa shape index (κ3) is 19.3. The van der Waals surface area contributed by atoms with Gasteiger partial charge in [-0.25, -0.2) is 0 Å². The summed E-state index contributed by atoms with van der Waals surface area (Å²) in [6.45, 7) is 2.52. The maximum Gasteiger partial charge on any atom is 0.220 e. The Morgan fingerprint density at radius 2 is 1.32 bits per heavy atom. The lowest BCUT2D eigenvalue weighted by atomic mass is 9.99. The number of nitrogens with one attached hydrogen (secondary N) is 1. The molecule has 11 heteroatoms. The van der Waals surface area contributed by atoms with Crippen molar-refractivity contribution in [3.63, 3.8) is 0 Å². The monoisotopic (exact) mass is 800 g/mol. The Morgan fingerprint density at radius 3 is 1.96 bits per heavy atom. The molecule has 1 saturated heterocycles. The first-order chi connectivity index (χ1) is 27.7. The number of ether oxygens (including phenoxy) is 3. The lowest BCUT2D eigenvalue weighted by molar-refractivity contribution is -0.302. The Labute approximate surface area is 341 Å². The molecular weight excluding hydrogens is 727 g/mol. The number of carbonyl (C=O) groups excluding carboxylic acids is 2. The Morgan fingerprint density at radius 1 is 0.719 bits per heavy atom. The highest BCUT2D eigenvalue weighted by molar-refractivity contribution is 6.09. The van der Waals surface area contributed by atoms with Gasteiger partial charge in [0.05, 0.1) is 32.0 Å². The molecule has 11 nitrogen and oxygen atoms in total. The average Bonchev–Trinajstić information content (AvgIpc) is 3.23. The van der Waals surface area contributed by atoms with Crippen LogP contribution in [0, 0.1) is 0 Å². The van der Waals surface area contributed by atoms with E-state index in [2.05, 4.69) is 12.2 Å². The maximum absolute atomic E-state index is 13.0. The number of hydrogen-bond donors (Lipinski definition) is 6. The Bertz CT molecular complexity index is 1340. The van der Waals surface area contributed by atoms with Crippen molar-refractivity contribution in [1.29, 1.82) is 0 Å². The molecule has 0 radical (unpaired) electrons. The standard InChI is InChI=1S/C46H73NO10/c1-2-3-4-5-6-7-8-9-10-11-12-14-20-28-39(49)38(34-56-46-45(54)44(53)43(52)40(32-48)57-46)47-41(50)29-21-15-13-16-22-30-55-33-35-24-23-27-37(31-35)42(51)36-25-18-17-19-26-36/h17-19,23-27,31,38-40,43-46,48-49,52-54H,2-16,20-22,28-30,32-34H2,1H3,(H,47,50). The fraction of sp³-hybridized carbons (Fsp3) is 0.696. The second kappa shape index (κ2) is 29.5. The van der Waals surface area contributed by atoms with Crippen molar-refractivity contribution < 1.29 is 49.3 Å². The van der Waals surface area contributed by atoms with E-state index < -0.39 is 49.5 Å². The highest BCUT2D eigenvalue weighted by atomic mass is 16.7. The number of amides is 1. The molecule has 0 aliphatic carbocycles. The molecule has 0 aromatic heterocycles. The van der Waals surface area contributed by atoms with Gasteiger partial charge in [0.15, 0.2) is 12.1 Å². The van der Waals surface area contributed by atoms with E-state index in [9.17, 15) is 35.1 Å². The molecule has 0 saturated carbocycles. The second-order valence-corrected chi connectivity index (χ2v) is 15.8. The highest BCUT2D eigenvalue weighted by Gasteiger charge is 2.44. The fourth-order valence-electron chi connectivity index (χ4n) is 7.27. The van der Waals surface area contributed by atoms with Gasteiger partial charge in [0, 0.05) is 24.2 Å². The SMILES string of the molecule is CCCCCCCCCCCCCCCC(O)C(COC1OC(CO)C(O)C(O)C1O)NC(=O)CCCCCCCOCc1cccc(C(=O)c2ccccc2)c1. The van der Waals surface area contributed by atoms with E-state index in [0.29, 0.717) is 37.2 Å². The summed E-state index contributed by atoms with van der Waals surface area (Å²) in [6.07, 6.45) is 12.9. The van der Waals surface area contributed by atoms with E-state index in [1.807, 2.05) is 54.6 Å². The van der Waals surface area contributed by atoms with Gasteiger partial charge in [-0.2, -0.15) is 0 Å². The summed E-state index contributed by atoms with van der Waals surface area (Å²) in [7, 11) is 0. The zero-order valence-electron chi connectivity index (χ0n) is 34.5. The summed E-state index contributed by atoms with van der Waals surface area (Å²) < 4.78 is 17.1. The van der Waals surface area contributed by atoms with Crippen molar-refractivity contribution in [3.05, 3.63) is 71.3 Å². The predicted octanol–water partition coefficient (Wildman–Crippen LogP) is 6.92. The van der Waals surface area contributed by atoms with Gasteiger partial charge < -0.3 is 45.1 Å². The molecule has 1 heterocycles. The molecule has 57 heavy (non-hydrogen) atoms. The summed E-state index contributed by atoms with van der Waals surface area (Å²) in [5.41, 5.74) is 2.25. The molecule has 3 rings (SSSR count). The molecule has 322 valence electrons. The number of ketones is 1. The predicted molar refractivity (Wildman–Crippen MR) is 222 cm³/mol. The van der Waals surface area contributed by atoms with Gasteiger partial charge in [0.1, 0.15) is 24.4 Å². The van der Waals surface area contributed by atoms with Crippen molar-refractivity contribution in [3.8, 4) is 0 Å². The van der Waals surface area contributed by atoms with Gasteiger partial charge in [-0.1, -0.05) is 158 Å². The van der Waals surface area contributed by atoms with Crippen LogP contribution >= 0.6 is 0 Å². The third-order valence-electron chi connectivity index (χ3n) is 10.9. The lowest BCUT2D eigenvalue weighted by Crippen LogP contribution is -2.60. The zero-order valence-corrected chi connectivity index (χ0v) is 34.5. The quantitative estimate of drug-likeness (QED) is 0.0337. The van der Waals surface area contributed by atoms with Gasteiger partial charge >= 0.3 is 0 Å². The topological polar surface area (TPSA) is 175 Å². The number of hydrogen-bond acceptors (Lipinski definition) is 10. The molecule has 2 aromatic carbocycles. The van der Waals surface area contributed by atoms with Crippen LogP contribution in [0.15, 0.2) is 54.6 Å². The minimum Gasteiger partial charge on any atom is -0.394 e. The molecule has 0 spiro atoms. The maximum atomic E-state index is 13.0. The molecule has 0 bridgehead atoms. The Balaban J connectivity index is 1.33. The molecule has 1 amide bonds. The molecule has 1 aliphatic rings. The van der Waals surface area contributed by atoms with Crippen LogP contribution in [0.5, 0.6) is 0 Å². The first kappa shape index (κ1) is 48.6. The van der Waals surface area contributed by atoms with Crippen LogP contribution in [0.3, 0.4) is 0 Å². The minimum absolute atomic E-state index is 0.00994. The smallest absolute Gasteiger partial charge is 0.220 e. The van der Waals surface area contributed by atoms with E-state index in [4.69, 9.17) is 14.2 Å². The molecule has 7 atom stereocenters. The van der Waals surface area contributed by atoms with Crippen molar-refractivity contribution in [2.75, 3.05) is 19.8 Å².